The average molecular weight is 152 g/mol. The Morgan fingerprint density at radius 2 is 1.55 bits per heavy atom. The summed E-state index contributed by atoms with van der Waals surface area (Å²) in [4.78, 5) is 0. The lowest BCUT2D eigenvalue weighted by Gasteiger charge is -2.05. The molecule has 0 aliphatic rings. The largest absolute Gasteiger partial charge is 0.507 e. The number of nitrogens with two attached hydrogens (primary N) is 2. The highest BCUT2D eigenvalue weighted by Crippen LogP contribution is 2.20. The molecule has 0 radical (unpaired) electrons. The van der Waals surface area contributed by atoms with Crippen LogP contribution in [0.4, 0.5) is 0 Å². The molecule has 60 valence electrons. The number of hydrogen-bond acceptors (Lipinski definition) is 3. The maximum atomic E-state index is 9.43. The van der Waals surface area contributed by atoms with Crippen molar-refractivity contribution in [2.24, 2.45) is 11.5 Å². The van der Waals surface area contributed by atoms with Crippen LogP contribution in [0.1, 0.15) is 11.1 Å². The second-order valence-electron chi connectivity index (χ2n) is 2.33. The van der Waals surface area contributed by atoms with Crippen molar-refractivity contribution in [3.05, 3.63) is 29.3 Å². The van der Waals surface area contributed by atoms with Crippen molar-refractivity contribution in [3.63, 3.8) is 0 Å². The number of aromatic hydroxyl groups is 1. The number of rotatable bonds is 2. The number of phenolic OH excluding ortho intramolecular Hbond substituents is 1. The zero-order valence-electron chi connectivity index (χ0n) is 6.25. The third-order valence-electron chi connectivity index (χ3n) is 1.64. The van der Waals surface area contributed by atoms with Crippen LogP contribution in [0.15, 0.2) is 18.2 Å². The minimum atomic E-state index is 0.234. The van der Waals surface area contributed by atoms with Crippen LogP contribution in [0.25, 0.3) is 0 Å². The van der Waals surface area contributed by atoms with E-state index in [-0.39, 0.29) is 5.75 Å². The highest BCUT2D eigenvalue weighted by Gasteiger charge is 2.02. The molecule has 3 nitrogen and oxygen atoms in total. The summed E-state index contributed by atoms with van der Waals surface area (Å²) in [7, 11) is 0. The van der Waals surface area contributed by atoms with Gasteiger partial charge < -0.3 is 16.6 Å². The summed E-state index contributed by atoms with van der Waals surface area (Å²) in [5.74, 6) is 0.234. The highest BCUT2D eigenvalue weighted by atomic mass is 16.3. The fourth-order valence-corrected chi connectivity index (χ4v) is 0.974. The fourth-order valence-electron chi connectivity index (χ4n) is 0.974. The molecular weight excluding hydrogens is 140 g/mol. The van der Waals surface area contributed by atoms with Crippen molar-refractivity contribution < 1.29 is 5.11 Å². The molecule has 1 aromatic carbocycles. The quantitative estimate of drug-likeness (QED) is 0.571. The summed E-state index contributed by atoms with van der Waals surface area (Å²) in [5.41, 5.74) is 12.2. The maximum Gasteiger partial charge on any atom is 0.124 e. The molecule has 0 amide bonds. The van der Waals surface area contributed by atoms with Crippen LogP contribution in [0, 0.1) is 0 Å². The first-order valence-corrected chi connectivity index (χ1v) is 3.49. The van der Waals surface area contributed by atoms with Crippen molar-refractivity contribution in [1.29, 1.82) is 0 Å². The van der Waals surface area contributed by atoms with E-state index in [1.807, 2.05) is 6.07 Å². The van der Waals surface area contributed by atoms with Crippen molar-refractivity contribution in [1.82, 2.24) is 0 Å². The Morgan fingerprint density at radius 3 is 1.91 bits per heavy atom. The number of hydrogen-bond donors (Lipinski definition) is 3. The Kier molecular flexibility index (Phi) is 2.46. The average Bonchev–Trinajstić information content (AvgIpc) is 2.05. The van der Waals surface area contributed by atoms with Crippen molar-refractivity contribution in [2.75, 3.05) is 0 Å². The van der Waals surface area contributed by atoms with E-state index in [0.29, 0.717) is 13.1 Å². The topological polar surface area (TPSA) is 72.3 Å². The molecule has 0 saturated carbocycles. The third kappa shape index (κ3) is 1.50. The standard InChI is InChI=1S/C8H12N2O/c9-4-6-2-1-3-7(5-10)8(6)11/h1-3,11H,4-5,9-10H2. The summed E-state index contributed by atoms with van der Waals surface area (Å²) in [6, 6.07) is 5.41. The zero-order chi connectivity index (χ0) is 8.27. The fraction of sp³-hybridized carbons (Fsp3) is 0.250. The van der Waals surface area contributed by atoms with E-state index < -0.39 is 0 Å². The van der Waals surface area contributed by atoms with Crippen LogP contribution >= 0.6 is 0 Å². The molecule has 0 fully saturated rings. The second-order valence-corrected chi connectivity index (χ2v) is 2.33. The van der Waals surface area contributed by atoms with Gasteiger partial charge in [-0.3, -0.25) is 0 Å². The van der Waals surface area contributed by atoms with Crippen LogP contribution in [0.5, 0.6) is 5.75 Å². The van der Waals surface area contributed by atoms with Crippen LogP contribution in [0.3, 0.4) is 0 Å². The van der Waals surface area contributed by atoms with Gasteiger partial charge in [0, 0.05) is 24.2 Å². The highest BCUT2D eigenvalue weighted by molar-refractivity contribution is 5.39. The number of para-hydroxylation sites is 1. The molecule has 0 aliphatic carbocycles. The summed E-state index contributed by atoms with van der Waals surface area (Å²) in [6.45, 7) is 0.694. The van der Waals surface area contributed by atoms with Crippen molar-refractivity contribution in [3.8, 4) is 5.75 Å². The summed E-state index contributed by atoms with van der Waals surface area (Å²) in [6.07, 6.45) is 0. The van der Waals surface area contributed by atoms with Gasteiger partial charge in [-0.05, 0) is 0 Å². The van der Waals surface area contributed by atoms with E-state index in [4.69, 9.17) is 11.5 Å². The molecular formula is C8H12N2O. The molecule has 0 saturated heterocycles. The number of benzene rings is 1. The maximum absolute atomic E-state index is 9.43. The predicted molar refractivity (Wildman–Crippen MR) is 43.9 cm³/mol. The lowest BCUT2D eigenvalue weighted by atomic mass is 10.1. The Labute approximate surface area is 65.6 Å². The monoisotopic (exact) mass is 152 g/mol. The number of phenols is 1. The summed E-state index contributed by atoms with van der Waals surface area (Å²) >= 11 is 0. The minimum absolute atomic E-state index is 0.234. The van der Waals surface area contributed by atoms with Crippen LogP contribution in [-0.2, 0) is 13.1 Å². The first-order valence-electron chi connectivity index (χ1n) is 3.49. The van der Waals surface area contributed by atoms with Crippen LogP contribution in [-0.4, -0.2) is 5.11 Å². The molecule has 3 heteroatoms. The van der Waals surface area contributed by atoms with Gasteiger partial charge in [0.15, 0.2) is 0 Å². The summed E-state index contributed by atoms with van der Waals surface area (Å²) < 4.78 is 0. The molecule has 0 atom stereocenters. The Morgan fingerprint density at radius 1 is 1.09 bits per heavy atom. The molecule has 0 aromatic heterocycles. The SMILES string of the molecule is NCc1cccc(CN)c1O. The van der Waals surface area contributed by atoms with Gasteiger partial charge in [0.25, 0.3) is 0 Å². The second kappa shape index (κ2) is 3.37. The van der Waals surface area contributed by atoms with E-state index >= 15 is 0 Å². The first kappa shape index (κ1) is 8.04. The molecule has 11 heavy (non-hydrogen) atoms. The molecule has 1 rings (SSSR count). The molecule has 0 unspecified atom stereocenters. The van der Waals surface area contributed by atoms with Gasteiger partial charge in [0.2, 0.25) is 0 Å². The summed E-state index contributed by atoms with van der Waals surface area (Å²) in [5, 5.41) is 9.43. The van der Waals surface area contributed by atoms with E-state index in [0.717, 1.165) is 11.1 Å². The van der Waals surface area contributed by atoms with Crippen LogP contribution in [0.2, 0.25) is 0 Å². The Bertz CT molecular complexity index is 226. The van der Waals surface area contributed by atoms with E-state index in [1.165, 1.54) is 0 Å². The van der Waals surface area contributed by atoms with Gasteiger partial charge in [-0.2, -0.15) is 0 Å². The molecule has 1 aromatic rings. The smallest absolute Gasteiger partial charge is 0.124 e. The van der Waals surface area contributed by atoms with Gasteiger partial charge in [0.1, 0.15) is 5.75 Å². The molecule has 0 bridgehead atoms. The van der Waals surface area contributed by atoms with E-state index in [2.05, 4.69) is 0 Å². The Hall–Kier alpha value is -1.06. The van der Waals surface area contributed by atoms with Crippen molar-refractivity contribution >= 4 is 0 Å². The van der Waals surface area contributed by atoms with E-state index in [9.17, 15) is 5.11 Å². The lowest BCUT2D eigenvalue weighted by Crippen LogP contribution is -2.01. The molecule has 0 spiro atoms. The zero-order valence-corrected chi connectivity index (χ0v) is 6.25. The van der Waals surface area contributed by atoms with Gasteiger partial charge in [0.05, 0.1) is 0 Å². The van der Waals surface area contributed by atoms with Gasteiger partial charge in [-0.25, -0.2) is 0 Å². The van der Waals surface area contributed by atoms with Gasteiger partial charge in [-0.15, -0.1) is 0 Å². The molecule has 0 heterocycles. The molecule has 0 aliphatic heterocycles. The first-order chi connectivity index (χ1) is 5.29. The van der Waals surface area contributed by atoms with Crippen molar-refractivity contribution in [2.45, 2.75) is 13.1 Å². The third-order valence-corrected chi connectivity index (χ3v) is 1.64. The normalized spacial score (nSPS) is 10.0. The van der Waals surface area contributed by atoms with Gasteiger partial charge >= 0.3 is 0 Å². The van der Waals surface area contributed by atoms with Gasteiger partial charge in [-0.1, -0.05) is 18.2 Å². The minimum Gasteiger partial charge on any atom is -0.507 e. The van der Waals surface area contributed by atoms with E-state index in [1.54, 1.807) is 12.1 Å². The van der Waals surface area contributed by atoms with Crippen LogP contribution < -0.4 is 11.5 Å². The predicted octanol–water partition coefficient (Wildman–Crippen LogP) is 0.310. The lowest BCUT2D eigenvalue weighted by molar-refractivity contribution is 0.461. The molecule has 5 N–H and O–H groups in total. The Balaban J connectivity index is 3.10.